The molecular weight excluding hydrogens is 488 g/mol. The zero-order valence-corrected chi connectivity index (χ0v) is 21.3. The molecule has 190 valence electrons. The van der Waals surface area contributed by atoms with Gasteiger partial charge in [0.25, 0.3) is 15.9 Å². The van der Waals surface area contributed by atoms with Crippen molar-refractivity contribution in [2.24, 2.45) is 0 Å². The maximum absolute atomic E-state index is 13.8. The number of carbonyl (C=O) groups excluding carboxylic acids is 2. The summed E-state index contributed by atoms with van der Waals surface area (Å²) in [4.78, 5) is 25.5. The van der Waals surface area contributed by atoms with Crippen LogP contribution >= 0.6 is 0 Å². The fraction of sp³-hybridized carbons (Fsp3) is 0.172. The molecule has 0 fully saturated rings. The molecule has 1 amide bonds. The lowest BCUT2D eigenvalue weighted by Gasteiger charge is -2.32. The molecule has 1 aliphatic heterocycles. The predicted octanol–water partition coefficient (Wildman–Crippen LogP) is 5.38. The summed E-state index contributed by atoms with van der Waals surface area (Å²) in [5, 5.41) is 2.70. The summed E-state index contributed by atoms with van der Waals surface area (Å²) >= 11 is 0. The van der Waals surface area contributed by atoms with Crippen molar-refractivity contribution in [1.82, 2.24) is 0 Å². The molecule has 0 saturated heterocycles. The summed E-state index contributed by atoms with van der Waals surface area (Å²) < 4.78 is 34.1. The summed E-state index contributed by atoms with van der Waals surface area (Å²) in [7, 11) is -4.24. The van der Waals surface area contributed by atoms with E-state index in [0.717, 1.165) is 12.8 Å². The third-order valence-electron chi connectivity index (χ3n) is 5.89. The van der Waals surface area contributed by atoms with Crippen molar-refractivity contribution in [3.63, 3.8) is 0 Å². The second-order valence-electron chi connectivity index (χ2n) is 8.43. The van der Waals surface area contributed by atoms with E-state index in [9.17, 15) is 18.0 Å². The Kier molecular flexibility index (Phi) is 7.89. The molecule has 0 saturated carbocycles. The minimum atomic E-state index is -4.24. The Morgan fingerprint density at radius 3 is 2.32 bits per heavy atom. The number of esters is 1. The van der Waals surface area contributed by atoms with E-state index in [0.29, 0.717) is 40.2 Å². The van der Waals surface area contributed by atoms with Crippen molar-refractivity contribution in [1.29, 1.82) is 0 Å². The highest BCUT2D eigenvalue weighted by Crippen LogP contribution is 2.42. The average molecular weight is 517 g/mol. The smallest absolute Gasteiger partial charge is 0.338 e. The lowest BCUT2D eigenvalue weighted by atomic mass is 9.95. The molecule has 8 heteroatoms. The Labute approximate surface area is 217 Å². The van der Waals surface area contributed by atoms with E-state index in [4.69, 9.17) is 4.74 Å². The Bertz CT molecular complexity index is 1450. The van der Waals surface area contributed by atoms with Crippen LogP contribution < -0.4 is 9.62 Å². The van der Waals surface area contributed by atoms with Crippen LogP contribution in [0.5, 0.6) is 0 Å². The number of rotatable bonds is 9. The first-order chi connectivity index (χ1) is 17.9. The SMILES string of the molecule is C=CCN1c2ccccc2C(c2ccccc2)=C(C(=O)Nc2ccc(C(=O)OCCCC)cc2)S1(=O)=O. The minimum absolute atomic E-state index is 0.00698. The number of carbonyl (C=O) groups is 2. The highest BCUT2D eigenvalue weighted by molar-refractivity contribution is 7.97. The Morgan fingerprint density at radius 2 is 1.65 bits per heavy atom. The number of unbranched alkanes of at least 4 members (excludes halogenated alkanes) is 1. The second-order valence-corrected chi connectivity index (χ2v) is 10.2. The van der Waals surface area contributed by atoms with E-state index in [2.05, 4.69) is 11.9 Å². The van der Waals surface area contributed by atoms with E-state index in [1.54, 1.807) is 60.7 Å². The van der Waals surface area contributed by atoms with Crippen molar-refractivity contribution < 1.29 is 22.7 Å². The number of hydrogen-bond donors (Lipinski definition) is 1. The highest BCUT2D eigenvalue weighted by Gasteiger charge is 2.40. The molecule has 7 nitrogen and oxygen atoms in total. The second kappa shape index (κ2) is 11.3. The van der Waals surface area contributed by atoms with Crippen LogP contribution in [0.25, 0.3) is 5.57 Å². The van der Waals surface area contributed by atoms with Gasteiger partial charge in [-0.25, -0.2) is 13.2 Å². The monoisotopic (exact) mass is 516 g/mol. The molecule has 1 heterocycles. The largest absolute Gasteiger partial charge is 0.462 e. The van der Waals surface area contributed by atoms with Crippen LogP contribution in [0.1, 0.15) is 41.3 Å². The fourth-order valence-corrected chi connectivity index (χ4v) is 5.81. The van der Waals surface area contributed by atoms with Crippen molar-refractivity contribution in [3.8, 4) is 0 Å². The summed E-state index contributed by atoms with van der Waals surface area (Å²) in [6, 6.07) is 22.2. The van der Waals surface area contributed by atoms with Crippen LogP contribution in [0, 0.1) is 0 Å². The zero-order valence-electron chi connectivity index (χ0n) is 20.5. The number of hydrogen-bond acceptors (Lipinski definition) is 5. The number of nitrogens with one attached hydrogen (secondary N) is 1. The number of benzene rings is 3. The molecule has 3 aromatic carbocycles. The lowest BCUT2D eigenvalue weighted by Crippen LogP contribution is -2.39. The number of para-hydroxylation sites is 1. The van der Waals surface area contributed by atoms with Crippen LogP contribution in [-0.2, 0) is 19.6 Å². The van der Waals surface area contributed by atoms with Crippen molar-refractivity contribution in [2.75, 3.05) is 22.8 Å². The maximum Gasteiger partial charge on any atom is 0.338 e. The van der Waals surface area contributed by atoms with Gasteiger partial charge in [0.2, 0.25) is 0 Å². The van der Waals surface area contributed by atoms with Gasteiger partial charge in [0.05, 0.1) is 24.4 Å². The molecule has 1 N–H and O–H groups in total. The molecular formula is C29H28N2O5S. The third kappa shape index (κ3) is 5.34. The van der Waals surface area contributed by atoms with Gasteiger partial charge in [0.15, 0.2) is 4.91 Å². The molecule has 0 unspecified atom stereocenters. The number of ether oxygens (including phenoxy) is 1. The molecule has 4 rings (SSSR count). The molecule has 0 aromatic heterocycles. The van der Waals surface area contributed by atoms with Gasteiger partial charge in [-0.3, -0.25) is 9.10 Å². The van der Waals surface area contributed by atoms with Gasteiger partial charge in [-0.15, -0.1) is 6.58 Å². The van der Waals surface area contributed by atoms with E-state index in [1.165, 1.54) is 22.5 Å². The van der Waals surface area contributed by atoms with Crippen LogP contribution in [0.4, 0.5) is 11.4 Å². The van der Waals surface area contributed by atoms with Gasteiger partial charge in [-0.05, 0) is 42.3 Å². The molecule has 37 heavy (non-hydrogen) atoms. The van der Waals surface area contributed by atoms with Crippen LogP contribution in [0.15, 0.2) is 96.4 Å². The zero-order chi connectivity index (χ0) is 26.4. The number of amides is 1. The molecule has 0 atom stereocenters. The minimum Gasteiger partial charge on any atom is -0.462 e. The van der Waals surface area contributed by atoms with Crippen molar-refractivity contribution >= 4 is 38.8 Å². The van der Waals surface area contributed by atoms with Gasteiger partial charge in [0, 0.05) is 16.8 Å². The molecule has 1 aliphatic rings. The van der Waals surface area contributed by atoms with E-state index < -0.39 is 21.9 Å². The Balaban J connectivity index is 1.75. The third-order valence-corrected chi connectivity index (χ3v) is 7.72. The molecule has 0 radical (unpaired) electrons. The number of nitrogens with zero attached hydrogens (tertiary/aromatic N) is 1. The van der Waals surface area contributed by atoms with Gasteiger partial charge in [0.1, 0.15) is 0 Å². The quantitative estimate of drug-likeness (QED) is 0.234. The number of sulfonamides is 1. The standard InChI is InChI=1S/C29H28N2O5S/c1-3-5-20-36-29(33)22-15-17-23(18-16-22)30-28(32)27-26(21-11-7-6-8-12-21)24-13-9-10-14-25(24)31(19-4-2)37(27,34)35/h4,6-18H,2-3,5,19-20H2,1H3,(H,30,32). The predicted molar refractivity (Wildman–Crippen MR) is 146 cm³/mol. The van der Waals surface area contributed by atoms with Crippen molar-refractivity contribution in [3.05, 3.63) is 113 Å². The summed E-state index contributed by atoms with van der Waals surface area (Å²) in [6.45, 7) is 6.04. The Morgan fingerprint density at radius 1 is 0.973 bits per heavy atom. The topological polar surface area (TPSA) is 92.8 Å². The first-order valence-electron chi connectivity index (χ1n) is 12.0. The first-order valence-corrected chi connectivity index (χ1v) is 13.4. The highest BCUT2D eigenvalue weighted by atomic mass is 32.2. The van der Waals surface area contributed by atoms with Gasteiger partial charge in [-0.1, -0.05) is 68.0 Å². The maximum atomic E-state index is 13.8. The Hall–Kier alpha value is -4.17. The van der Waals surface area contributed by atoms with E-state index in [1.807, 2.05) is 13.0 Å². The van der Waals surface area contributed by atoms with E-state index >= 15 is 0 Å². The number of anilines is 2. The normalized spacial score (nSPS) is 14.0. The van der Waals surface area contributed by atoms with Crippen LogP contribution in [-0.4, -0.2) is 33.4 Å². The van der Waals surface area contributed by atoms with Crippen LogP contribution in [0.2, 0.25) is 0 Å². The van der Waals surface area contributed by atoms with Crippen LogP contribution in [0.3, 0.4) is 0 Å². The number of fused-ring (bicyclic) bond motifs is 1. The average Bonchev–Trinajstić information content (AvgIpc) is 2.90. The van der Waals surface area contributed by atoms with Gasteiger partial charge >= 0.3 is 5.97 Å². The molecule has 0 bridgehead atoms. The fourth-order valence-electron chi connectivity index (χ4n) is 4.10. The van der Waals surface area contributed by atoms with Gasteiger partial charge in [-0.2, -0.15) is 0 Å². The van der Waals surface area contributed by atoms with Crippen molar-refractivity contribution in [2.45, 2.75) is 19.8 Å². The summed E-state index contributed by atoms with van der Waals surface area (Å²) in [6.07, 6.45) is 3.17. The molecule has 0 aliphatic carbocycles. The summed E-state index contributed by atoms with van der Waals surface area (Å²) in [5.74, 6) is -1.23. The molecule has 0 spiro atoms. The molecule has 3 aromatic rings. The summed E-state index contributed by atoms with van der Waals surface area (Å²) in [5.41, 5.74) is 2.72. The lowest BCUT2D eigenvalue weighted by molar-refractivity contribution is -0.112. The van der Waals surface area contributed by atoms with Gasteiger partial charge < -0.3 is 10.1 Å². The first kappa shape index (κ1) is 25.9. The van der Waals surface area contributed by atoms with E-state index in [-0.39, 0.29) is 11.4 Å².